The summed E-state index contributed by atoms with van der Waals surface area (Å²) in [5.41, 5.74) is 5.56. The number of aliphatic hydroxyl groups is 1. The summed E-state index contributed by atoms with van der Waals surface area (Å²) in [5, 5.41) is 12.5. The molecule has 6 heteroatoms. The Kier molecular flexibility index (Phi) is 7.59. The van der Waals surface area contributed by atoms with Gasteiger partial charge in [-0.1, -0.05) is 6.42 Å². The number of nitrogens with zero attached hydrogens (tertiary/aromatic N) is 1. The Bertz CT molecular complexity index is 335. The maximum Gasteiger partial charge on any atom is 0.221 e. The summed E-state index contributed by atoms with van der Waals surface area (Å²) in [6, 6.07) is -0.0760. The molecular weight excluding hydrogens is 282 g/mol. The summed E-state index contributed by atoms with van der Waals surface area (Å²) in [7, 11) is 0. The molecule has 2 aliphatic rings. The average Bonchev–Trinajstić information content (AvgIpc) is 2.55. The van der Waals surface area contributed by atoms with Gasteiger partial charge < -0.3 is 25.8 Å². The third-order valence-corrected chi connectivity index (χ3v) is 4.73. The summed E-state index contributed by atoms with van der Waals surface area (Å²) in [6.07, 6.45) is 6.70. The summed E-state index contributed by atoms with van der Waals surface area (Å²) < 4.78 is 5.83. The van der Waals surface area contributed by atoms with E-state index >= 15 is 0 Å². The van der Waals surface area contributed by atoms with E-state index in [1.54, 1.807) is 0 Å². The van der Waals surface area contributed by atoms with Gasteiger partial charge in [-0.3, -0.25) is 4.79 Å². The second-order valence-electron chi connectivity index (χ2n) is 6.46. The Hall–Kier alpha value is -0.690. The number of hydrogen-bond acceptors (Lipinski definition) is 5. The molecule has 3 atom stereocenters. The molecule has 4 N–H and O–H groups in total. The smallest absolute Gasteiger partial charge is 0.221 e. The van der Waals surface area contributed by atoms with Gasteiger partial charge in [0, 0.05) is 13.0 Å². The quantitative estimate of drug-likeness (QED) is 0.626. The Morgan fingerprint density at radius 3 is 2.73 bits per heavy atom. The van der Waals surface area contributed by atoms with Crippen molar-refractivity contribution >= 4 is 5.91 Å². The zero-order valence-electron chi connectivity index (χ0n) is 13.5. The molecule has 128 valence electrons. The van der Waals surface area contributed by atoms with Crippen LogP contribution in [0.4, 0.5) is 0 Å². The lowest BCUT2D eigenvalue weighted by Crippen LogP contribution is -2.51. The molecule has 1 amide bonds. The van der Waals surface area contributed by atoms with Crippen molar-refractivity contribution < 1.29 is 14.6 Å². The molecule has 0 aromatic carbocycles. The average molecular weight is 313 g/mol. The molecule has 2 saturated heterocycles. The van der Waals surface area contributed by atoms with Crippen LogP contribution in [0.3, 0.4) is 0 Å². The highest BCUT2D eigenvalue weighted by atomic mass is 16.5. The highest BCUT2D eigenvalue weighted by Crippen LogP contribution is 2.21. The number of hydrogen-bond donors (Lipinski definition) is 3. The van der Waals surface area contributed by atoms with E-state index in [2.05, 4.69) is 10.2 Å². The maximum atomic E-state index is 12.1. The van der Waals surface area contributed by atoms with E-state index in [9.17, 15) is 9.90 Å². The molecule has 0 aliphatic carbocycles. The van der Waals surface area contributed by atoms with Gasteiger partial charge in [-0.25, -0.2) is 0 Å². The van der Waals surface area contributed by atoms with Crippen LogP contribution >= 0.6 is 0 Å². The first-order valence-corrected chi connectivity index (χ1v) is 8.71. The van der Waals surface area contributed by atoms with Gasteiger partial charge in [0.2, 0.25) is 5.91 Å². The van der Waals surface area contributed by atoms with Crippen molar-refractivity contribution in [1.29, 1.82) is 0 Å². The Morgan fingerprint density at radius 1 is 1.27 bits per heavy atom. The van der Waals surface area contributed by atoms with Crippen molar-refractivity contribution in [2.45, 2.75) is 63.2 Å². The first-order valence-electron chi connectivity index (χ1n) is 8.71. The third kappa shape index (κ3) is 5.50. The second kappa shape index (κ2) is 9.45. The zero-order valence-corrected chi connectivity index (χ0v) is 13.5. The van der Waals surface area contributed by atoms with Gasteiger partial charge in [0.25, 0.3) is 0 Å². The van der Waals surface area contributed by atoms with Gasteiger partial charge in [0.15, 0.2) is 0 Å². The molecule has 2 fully saturated rings. The van der Waals surface area contributed by atoms with E-state index in [1.807, 2.05) is 0 Å². The summed E-state index contributed by atoms with van der Waals surface area (Å²) in [5.74, 6) is 0.0647. The van der Waals surface area contributed by atoms with Gasteiger partial charge in [0.1, 0.15) is 6.10 Å². The summed E-state index contributed by atoms with van der Waals surface area (Å²) >= 11 is 0. The molecule has 0 aromatic heterocycles. The van der Waals surface area contributed by atoms with Crippen molar-refractivity contribution in [2.75, 3.05) is 32.8 Å². The molecule has 2 heterocycles. The molecule has 0 spiro atoms. The molecular formula is C16H31N3O3. The van der Waals surface area contributed by atoms with Crippen LogP contribution in [0.15, 0.2) is 0 Å². The van der Waals surface area contributed by atoms with Crippen LogP contribution in [0.1, 0.15) is 44.9 Å². The highest BCUT2D eigenvalue weighted by molar-refractivity contribution is 5.76. The SMILES string of the molecule is NCC[C@@H]1CC[C@H](NC(=O)CCN2CCCCC2)[C@H](CO)O1. The number of amides is 1. The van der Waals surface area contributed by atoms with Crippen LogP contribution in [0.5, 0.6) is 0 Å². The molecule has 0 radical (unpaired) electrons. The fourth-order valence-corrected chi connectivity index (χ4v) is 3.42. The Labute approximate surface area is 133 Å². The molecule has 2 rings (SSSR count). The molecule has 0 unspecified atom stereocenters. The van der Waals surface area contributed by atoms with Gasteiger partial charge >= 0.3 is 0 Å². The molecule has 6 nitrogen and oxygen atoms in total. The van der Waals surface area contributed by atoms with Gasteiger partial charge in [-0.15, -0.1) is 0 Å². The molecule has 22 heavy (non-hydrogen) atoms. The van der Waals surface area contributed by atoms with Crippen LogP contribution < -0.4 is 11.1 Å². The monoisotopic (exact) mass is 313 g/mol. The second-order valence-corrected chi connectivity index (χ2v) is 6.46. The van der Waals surface area contributed by atoms with Crippen molar-refractivity contribution in [2.24, 2.45) is 5.73 Å². The van der Waals surface area contributed by atoms with E-state index < -0.39 is 0 Å². The zero-order chi connectivity index (χ0) is 15.8. The molecule has 2 aliphatic heterocycles. The third-order valence-electron chi connectivity index (χ3n) is 4.73. The number of nitrogens with two attached hydrogens (primary N) is 1. The number of carbonyl (C=O) groups is 1. The van der Waals surface area contributed by atoms with E-state index in [1.165, 1.54) is 19.3 Å². The predicted octanol–water partition coefficient (Wildman–Crippen LogP) is 0.236. The normalized spacial score (nSPS) is 30.2. The minimum Gasteiger partial charge on any atom is -0.394 e. The van der Waals surface area contributed by atoms with E-state index in [-0.39, 0.29) is 30.8 Å². The van der Waals surface area contributed by atoms with Crippen LogP contribution in [0.25, 0.3) is 0 Å². The number of nitrogens with one attached hydrogen (secondary N) is 1. The lowest BCUT2D eigenvalue weighted by atomic mass is 9.97. The summed E-state index contributed by atoms with van der Waals surface area (Å²) in [6.45, 7) is 3.59. The largest absolute Gasteiger partial charge is 0.394 e. The highest BCUT2D eigenvalue weighted by Gasteiger charge is 2.31. The fraction of sp³-hybridized carbons (Fsp3) is 0.938. The number of carbonyl (C=O) groups excluding carboxylic acids is 1. The van der Waals surface area contributed by atoms with Crippen molar-refractivity contribution in [3.8, 4) is 0 Å². The minimum absolute atomic E-state index is 0.0574. The lowest BCUT2D eigenvalue weighted by Gasteiger charge is -2.36. The van der Waals surface area contributed by atoms with Crippen LogP contribution in [-0.4, -0.2) is 66.9 Å². The van der Waals surface area contributed by atoms with Crippen LogP contribution in [0.2, 0.25) is 0 Å². The van der Waals surface area contributed by atoms with Gasteiger partial charge in [-0.2, -0.15) is 0 Å². The summed E-state index contributed by atoms with van der Waals surface area (Å²) in [4.78, 5) is 14.5. The van der Waals surface area contributed by atoms with E-state index in [4.69, 9.17) is 10.5 Å². The topological polar surface area (TPSA) is 87.8 Å². The fourth-order valence-electron chi connectivity index (χ4n) is 3.42. The first-order chi connectivity index (χ1) is 10.7. The standard InChI is InChI=1S/C16H31N3O3/c17-8-6-13-4-5-14(15(12-20)22-13)18-16(21)7-11-19-9-2-1-3-10-19/h13-15,20H,1-12,17H2,(H,18,21)/t13-,14-,15-/m0/s1. The van der Waals surface area contributed by atoms with E-state index in [0.717, 1.165) is 38.9 Å². The molecule has 0 bridgehead atoms. The maximum absolute atomic E-state index is 12.1. The lowest BCUT2D eigenvalue weighted by molar-refractivity contribution is -0.128. The number of ether oxygens (including phenoxy) is 1. The van der Waals surface area contributed by atoms with Gasteiger partial charge in [0.05, 0.1) is 18.8 Å². The first kappa shape index (κ1) is 17.7. The van der Waals surface area contributed by atoms with Crippen molar-refractivity contribution in [3.05, 3.63) is 0 Å². The van der Waals surface area contributed by atoms with Crippen molar-refractivity contribution in [1.82, 2.24) is 10.2 Å². The van der Waals surface area contributed by atoms with E-state index in [0.29, 0.717) is 13.0 Å². The van der Waals surface area contributed by atoms with Crippen LogP contribution in [-0.2, 0) is 9.53 Å². The van der Waals surface area contributed by atoms with Crippen LogP contribution in [0, 0.1) is 0 Å². The number of rotatable bonds is 7. The Balaban J connectivity index is 1.70. The van der Waals surface area contributed by atoms with Crippen molar-refractivity contribution in [3.63, 3.8) is 0 Å². The Morgan fingerprint density at radius 2 is 2.05 bits per heavy atom. The number of aliphatic hydroxyl groups excluding tert-OH is 1. The minimum atomic E-state index is -0.302. The predicted molar refractivity (Wildman–Crippen MR) is 85.5 cm³/mol. The van der Waals surface area contributed by atoms with Gasteiger partial charge in [-0.05, 0) is 51.7 Å². The number of piperidine rings is 1. The molecule has 0 saturated carbocycles. The molecule has 0 aromatic rings. The number of likely N-dealkylation sites (tertiary alicyclic amines) is 1.